The zero-order chi connectivity index (χ0) is 33.3. The number of likely N-dealkylation sites (tertiary alicyclic amines) is 1. The maximum Gasteiger partial charge on any atom is 0.237 e. The molecule has 0 unspecified atom stereocenters. The fourth-order valence-corrected chi connectivity index (χ4v) is 6.25. The Labute approximate surface area is 281 Å². The summed E-state index contributed by atoms with van der Waals surface area (Å²) in [4.78, 5) is 21.9. The second-order valence-corrected chi connectivity index (χ2v) is 14.4. The summed E-state index contributed by atoms with van der Waals surface area (Å²) in [6.07, 6.45) is 5.17. The molecule has 0 bridgehead atoms. The Kier molecular flexibility index (Phi) is 12.3. The highest BCUT2D eigenvalue weighted by atomic mass is 35.5. The number of aldehydes is 1. The van der Waals surface area contributed by atoms with E-state index in [0.717, 1.165) is 68.3 Å². The van der Waals surface area contributed by atoms with Crippen LogP contribution in [0.5, 0.6) is 11.5 Å². The summed E-state index contributed by atoms with van der Waals surface area (Å²) in [5.74, 6) is 1.40. The Bertz CT molecular complexity index is 1650. The zero-order valence-electron chi connectivity index (χ0n) is 26.3. The van der Waals surface area contributed by atoms with E-state index < -0.39 is 15.4 Å². The molecule has 2 heterocycles. The predicted molar refractivity (Wildman–Crippen MR) is 179 cm³/mol. The Morgan fingerprint density at radius 3 is 2.46 bits per heavy atom. The monoisotopic (exact) mass is 687 g/mol. The Hall–Kier alpha value is -3.43. The number of ether oxygens (including phenoxy) is 2. The average Bonchev–Trinajstić information content (AvgIpc) is 3.02. The fraction of sp³-hybridized carbons (Fsp3) is 0.455. The highest BCUT2D eigenvalue weighted by Gasteiger charge is 2.27. The summed E-state index contributed by atoms with van der Waals surface area (Å²) >= 11 is 12.2. The van der Waals surface area contributed by atoms with E-state index in [1.807, 2.05) is 50.2 Å². The molecule has 0 saturated carbocycles. The number of hydrogen-bond donors (Lipinski definition) is 1. The van der Waals surface area contributed by atoms with Crippen molar-refractivity contribution in [2.45, 2.75) is 57.5 Å². The number of sulfonamides is 1. The van der Waals surface area contributed by atoms with Gasteiger partial charge in [0, 0.05) is 23.4 Å². The third-order valence-electron chi connectivity index (χ3n) is 8.05. The third kappa shape index (κ3) is 9.55. The molecule has 0 spiro atoms. The van der Waals surface area contributed by atoms with Crippen LogP contribution in [0.15, 0.2) is 42.5 Å². The first kappa shape index (κ1) is 35.4. The van der Waals surface area contributed by atoms with Gasteiger partial charge in [-0.25, -0.2) is 18.4 Å². The Morgan fingerprint density at radius 2 is 1.83 bits per heavy atom. The lowest BCUT2D eigenvalue weighted by Gasteiger charge is -2.31. The number of benzene rings is 2. The van der Waals surface area contributed by atoms with Gasteiger partial charge in [0.25, 0.3) is 0 Å². The summed E-state index contributed by atoms with van der Waals surface area (Å²) in [5.41, 5.74) is 3.02. The molecule has 10 nitrogen and oxygen atoms in total. The number of aromatic nitrogens is 2. The van der Waals surface area contributed by atoms with Gasteiger partial charge in [0.05, 0.1) is 28.4 Å². The van der Waals surface area contributed by atoms with Crippen molar-refractivity contribution in [2.24, 2.45) is 0 Å². The lowest BCUT2D eigenvalue weighted by Crippen LogP contribution is -2.34. The minimum atomic E-state index is -3.58. The van der Waals surface area contributed by atoms with Crippen molar-refractivity contribution in [3.05, 3.63) is 75.6 Å². The SMILES string of the molecule is CC(C)(c1ccc(OCc2cc(C3CCN(CCCC=O)CC3)nc(NS(C)(=O)=O)n2)cc1)c1cc(Cl)c(OCCCl)c(C#N)c1. The Balaban J connectivity index is 1.48. The molecule has 1 N–H and O–H groups in total. The van der Waals surface area contributed by atoms with Gasteiger partial charge in [-0.2, -0.15) is 5.26 Å². The van der Waals surface area contributed by atoms with E-state index in [-0.39, 0.29) is 31.0 Å². The molecule has 0 aliphatic carbocycles. The molecule has 4 rings (SSSR count). The van der Waals surface area contributed by atoms with Crippen LogP contribution in [0, 0.1) is 11.3 Å². The number of piperidine rings is 1. The highest BCUT2D eigenvalue weighted by Crippen LogP contribution is 2.38. The largest absolute Gasteiger partial charge is 0.489 e. The van der Waals surface area contributed by atoms with Crippen LogP contribution in [0.1, 0.15) is 73.5 Å². The molecule has 246 valence electrons. The van der Waals surface area contributed by atoms with Crippen LogP contribution in [0.2, 0.25) is 5.02 Å². The average molecular weight is 689 g/mol. The number of rotatable bonds is 15. The second-order valence-electron chi connectivity index (χ2n) is 11.8. The van der Waals surface area contributed by atoms with Gasteiger partial charge in [-0.15, -0.1) is 11.6 Å². The molecule has 0 radical (unpaired) electrons. The smallest absolute Gasteiger partial charge is 0.237 e. The van der Waals surface area contributed by atoms with E-state index in [2.05, 4.69) is 25.7 Å². The van der Waals surface area contributed by atoms with Crippen LogP contribution in [-0.4, -0.2) is 67.9 Å². The summed E-state index contributed by atoms with van der Waals surface area (Å²) in [7, 11) is -3.58. The number of halogens is 2. The van der Waals surface area contributed by atoms with Crippen molar-refractivity contribution in [1.29, 1.82) is 5.26 Å². The van der Waals surface area contributed by atoms with E-state index in [4.69, 9.17) is 32.7 Å². The van der Waals surface area contributed by atoms with Crippen molar-refractivity contribution < 1.29 is 22.7 Å². The molecule has 13 heteroatoms. The molecule has 1 aromatic heterocycles. The Morgan fingerprint density at radius 1 is 1.11 bits per heavy atom. The molecule has 2 aromatic carbocycles. The van der Waals surface area contributed by atoms with Crippen molar-refractivity contribution in [3.63, 3.8) is 0 Å². The lowest BCUT2D eigenvalue weighted by molar-refractivity contribution is -0.108. The number of nitrogens with one attached hydrogen (secondary N) is 1. The molecule has 0 atom stereocenters. The quantitative estimate of drug-likeness (QED) is 0.115. The summed E-state index contributed by atoms with van der Waals surface area (Å²) in [6.45, 7) is 7.10. The maximum absolute atomic E-state index is 12.0. The number of carbonyl (C=O) groups excluding carboxylic acids is 1. The summed E-state index contributed by atoms with van der Waals surface area (Å²) in [5, 5.41) is 10.1. The minimum absolute atomic E-state index is 0.0265. The van der Waals surface area contributed by atoms with Crippen LogP contribution in [0.3, 0.4) is 0 Å². The van der Waals surface area contributed by atoms with Crippen LogP contribution >= 0.6 is 23.2 Å². The number of nitrogens with zero attached hydrogens (tertiary/aromatic N) is 4. The van der Waals surface area contributed by atoms with Crippen molar-refractivity contribution >= 4 is 45.5 Å². The van der Waals surface area contributed by atoms with Gasteiger partial charge in [-0.05, 0) is 80.4 Å². The van der Waals surface area contributed by atoms with E-state index >= 15 is 0 Å². The van der Waals surface area contributed by atoms with Gasteiger partial charge >= 0.3 is 0 Å². The van der Waals surface area contributed by atoms with Gasteiger partial charge in [0.1, 0.15) is 31.3 Å². The van der Waals surface area contributed by atoms with E-state index in [0.29, 0.717) is 34.2 Å². The molecule has 1 aliphatic rings. The van der Waals surface area contributed by atoms with Gasteiger partial charge in [-0.3, -0.25) is 4.72 Å². The number of nitriles is 1. The van der Waals surface area contributed by atoms with E-state index in [9.17, 15) is 18.5 Å². The lowest BCUT2D eigenvalue weighted by atomic mass is 9.77. The fourth-order valence-electron chi connectivity index (χ4n) is 5.48. The predicted octanol–water partition coefficient (Wildman–Crippen LogP) is 6.05. The van der Waals surface area contributed by atoms with Crippen molar-refractivity contribution in [1.82, 2.24) is 14.9 Å². The first-order chi connectivity index (χ1) is 21.9. The standard InChI is InChI=1S/C33H39Cl2N5O5S/c1-33(2,26-18-24(21-36)31(29(35)19-26)44-17-12-34)25-6-8-28(9-7-25)45-22-27-20-30(38-32(37-27)39-46(3,42)43)23-10-14-40(15-11-23)13-4-5-16-41/h6-9,16,18-20,23H,4-5,10-15,17,22H2,1-3H3,(H,37,38,39). The zero-order valence-corrected chi connectivity index (χ0v) is 28.6. The van der Waals surface area contributed by atoms with Crippen LogP contribution < -0.4 is 14.2 Å². The van der Waals surface area contributed by atoms with Gasteiger partial charge in [-0.1, -0.05) is 37.6 Å². The normalized spacial score (nSPS) is 14.4. The second kappa shape index (κ2) is 15.9. The van der Waals surface area contributed by atoms with Gasteiger partial charge in [0.2, 0.25) is 16.0 Å². The number of alkyl halides is 1. The minimum Gasteiger partial charge on any atom is -0.489 e. The number of unbranched alkanes of at least 4 members (excludes halogenated alkanes) is 1. The number of carbonyl (C=O) groups is 1. The molecule has 1 aliphatic heterocycles. The third-order valence-corrected chi connectivity index (χ3v) is 9.04. The van der Waals surface area contributed by atoms with Gasteiger partial charge < -0.3 is 19.2 Å². The molecular weight excluding hydrogens is 649 g/mol. The van der Waals surface area contributed by atoms with Crippen LogP contribution in [-0.2, 0) is 26.8 Å². The molecular formula is C33H39Cl2N5O5S. The number of anilines is 1. The molecule has 3 aromatic rings. The van der Waals surface area contributed by atoms with Crippen molar-refractivity contribution in [3.8, 4) is 17.6 Å². The van der Waals surface area contributed by atoms with Crippen LogP contribution in [0.25, 0.3) is 0 Å². The number of hydrogen-bond acceptors (Lipinski definition) is 9. The molecule has 1 fully saturated rings. The maximum atomic E-state index is 12.0. The highest BCUT2D eigenvalue weighted by molar-refractivity contribution is 7.91. The van der Waals surface area contributed by atoms with Gasteiger partial charge in [0.15, 0.2) is 5.75 Å². The molecule has 1 saturated heterocycles. The first-order valence-electron chi connectivity index (χ1n) is 15.1. The first-order valence-corrected chi connectivity index (χ1v) is 17.9. The summed E-state index contributed by atoms with van der Waals surface area (Å²) in [6, 6.07) is 15.3. The van der Waals surface area contributed by atoms with E-state index in [1.165, 1.54) is 0 Å². The molecule has 46 heavy (non-hydrogen) atoms. The van der Waals surface area contributed by atoms with Crippen molar-refractivity contribution in [2.75, 3.05) is 43.1 Å². The van der Waals surface area contributed by atoms with E-state index in [1.54, 1.807) is 6.07 Å². The summed E-state index contributed by atoms with van der Waals surface area (Å²) < 4.78 is 38.1. The topological polar surface area (TPSA) is 135 Å². The van der Waals surface area contributed by atoms with Crippen LogP contribution in [0.4, 0.5) is 5.95 Å². The molecule has 0 amide bonds.